The van der Waals surface area contributed by atoms with Crippen LogP contribution >= 0.6 is 0 Å². The molecule has 63 heavy (non-hydrogen) atoms. The molecule has 3 aliphatic rings. The lowest BCUT2D eigenvalue weighted by Gasteiger charge is -2.41. The second-order valence-corrected chi connectivity index (χ2v) is 18.0. The van der Waals surface area contributed by atoms with Gasteiger partial charge in [0.25, 0.3) is 0 Å². The zero-order valence-electron chi connectivity index (χ0n) is 34.9. The molecule has 0 aliphatic carbocycles. The third-order valence-electron chi connectivity index (χ3n) is 12.1. The normalized spacial score (nSPS) is 18.1. The second-order valence-electron chi connectivity index (χ2n) is 16.2. The molecule has 5 aromatic rings. The Morgan fingerprint density at radius 1 is 0.937 bits per heavy atom. The van der Waals surface area contributed by atoms with E-state index in [0.29, 0.717) is 75.3 Å². The molecule has 0 saturated carbocycles. The van der Waals surface area contributed by atoms with E-state index in [1.165, 1.54) is 31.4 Å². The van der Waals surface area contributed by atoms with Crippen LogP contribution in [0, 0.1) is 5.82 Å². The second kappa shape index (κ2) is 17.7. The molecule has 330 valence electrons. The van der Waals surface area contributed by atoms with E-state index in [4.69, 9.17) is 0 Å². The van der Waals surface area contributed by atoms with Crippen LogP contribution in [0.5, 0.6) is 0 Å². The number of piperazine rings is 1. The van der Waals surface area contributed by atoms with Gasteiger partial charge in [-0.2, -0.15) is 12.7 Å². The Labute approximate surface area is 363 Å². The maximum absolute atomic E-state index is 15.6. The van der Waals surface area contributed by atoms with Crippen LogP contribution in [0.2, 0.25) is 0 Å². The molecule has 0 bridgehead atoms. The topological polar surface area (TPSA) is 213 Å². The summed E-state index contributed by atoms with van der Waals surface area (Å²) in [6, 6.07) is 16.9. The molecule has 5 N–H and O–H groups in total. The lowest BCUT2D eigenvalue weighted by Crippen LogP contribution is -2.52. The smallest absolute Gasteiger partial charge is 0.301 e. The van der Waals surface area contributed by atoms with Crippen LogP contribution in [0.1, 0.15) is 54.9 Å². The van der Waals surface area contributed by atoms with Crippen LogP contribution in [0.3, 0.4) is 0 Å². The molecule has 3 aromatic heterocycles. The summed E-state index contributed by atoms with van der Waals surface area (Å²) in [5.41, 5.74) is 2.13. The molecule has 1 unspecified atom stereocenters. The predicted octanol–water partition coefficient (Wildman–Crippen LogP) is 3.89. The van der Waals surface area contributed by atoms with E-state index in [0.717, 1.165) is 26.9 Å². The van der Waals surface area contributed by atoms with Gasteiger partial charge in [0.05, 0.1) is 35.2 Å². The minimum Gasteiger partial charge on any atom is -0.389 e. The Hall–Kier alpha value is -6.44. The van der Waals surface area contributed by atoms with E-state index in [9.17, 15) is 32.7 Å². The van der Waals surface area contributed by atoms with Crippen LogP contribution in [0.15, 0.2) is 79.3 Å². The zero-order chi connectivity index (χ0) is 44.5. The summed E-state index contributed by atoms with van der Waals surface area (Å²) >= 11 is 0. The minimum absolute atomic E-state index is 0.0460. The fourth-order valence-electron chi connectivity index (χ4n) is 8.16. The van der Waals surface area contributed by atoms with Gasteiger partial charge in [-0.3, -0.25) is 29.2 Å². The number of aliphatic hydroxyl groups is 1. The monoisotopic (exact) mass is 880 g/mol. The molecule has 3 fully saturated rings. The van der Waals surface area contributed by atoms with Crippen molar-refractivity contribution in [2.24, 2.45) is 0 Å². The molecule has 3 amide bonds. The number of pyridine rings is 2. The summed E-state index contributed by atoms with van der Waals surface area (Å²) < 4.78 is 44.0. The Balaban J connectivity index is 0.836. The van der Waals surface area contributed by atoms with Crippen molar-refractivity contribution in [2.45, 2.75) is 50.7 Å². The number of anilines is 4. The average molecular weight is 881 g/mol. The zero-order valence-corrected chi connectivity index (χ0v) is 35.8. The third-order valence-corrected chi connectivity index (χ3v) is 13.7. The quantitative estimate of drug-likeness (QED) is 0.0843. The van der Waals surface area contributed by atoms with Crippen molar-refractivity contribution < 1.29 is 37.1 Å². The van der Waals surface area contributed by atoms with Gasteiger partial charge in [0.1, 0.15) is 17.5 Å². The highest BCUT2D eigenvalue weighted by Gasteiger charge is 2.37. The number of nitrogens with one attached hydrogen (secondary N) is 4. The van der Waals surface area contributed by atoms with Crippen molar-refractivity contribution in [1.29, 1.82) is 0 Å². The van der Waals surface area contributed by atoms with Crippen LogP contribution < -0.4 is 25.2 Å². The number of piperidine rings is 2. The number of nitrogens with zero attached hydrogens (tertiary/aromatic N) is 6. The molecular weight excluding hydrogens is 832 g/mol. The van der Waals surface area contributed by atoms with E-state index in [1.807, 2.05) is 47.4 Å². The van der Waals surface area contributed by atoms with E-state index in [-0.39, 0.29) is 53.9 Å². The van der Waals surface area contributed by atoms with Gasteiger partial charge in [0.2, 0.25) is 17.7 Å². The van der Waals surface area contributed by atoms with E-state index < -0.39 is 33.5 Å². The van der Waals surface area contributed by atoms with Gasteiger partial charge in [0.15, 0.2) is 11.6 Å². The summed E-state index contributed by atoms with van der Waals surface area (Å²) in [6.45, 7) is 5.16. The van der Waals surface area contributed by atoms with E-state index in [1.54, 1.807) is 19.3 Å². The number of carbonyl (C=O) groups excluding carboxylic acids is 4. The highest BCUT2D eigenvalue weighted by molar-refractivity contribution is 7.90. The minimum atomic E-state index is -4.02. The molecule has 0 radical (unpaired) electrons. The summed E-state index contributed by atoms with van der Waals surface area (Å²) in [5, 5.41) is 17.4. The first kappa shape index (κ1) is 43.2. The number of fused-ring (bicyclic) bond motifs is 1. The average Bonchev–Trinajstić information content (AvgIpc) is 3.71. The number of imide groups is 1. The number of ketones is 1. The molecule has 2 aromatic carbocycles. The lowest BCUT2D eigenvalue weighted by molar-refractivity contribution is -0.138. The first-order valence-corrected chi connectivity index (χ1v) is 22.4. The molecular formula is C44H49FN10O7S. The first-order valence-electron chi connectivity index (χ1n) is 20.9. The number of H-pyrrole nitrogens is 1. The van der Waals surface area contributed by atoms with Crippen LogP contribution in [0.25, 0.3) is 22.2 Å². The Morgan fingerprint density at radius 2 is 1.68 bits per heavy atom. The van der Waals surface area contributed by atoms with Gasteiger partial charge >= 0.3 is 10.2 Å². The highest BCUT2D eigenvalue weighted by Crippen LogP contribution is 2.32. The van der Waals surface area contributed by atoms with E-state index >= 15 is 4.39 Å². The number of aromatic amines is 1. The molecule has 0 spiro atoms. The number of benzene rings is 2. The number of hydrogen-bond donors (Lipinski definition) is 5. The molecule has 8 rings (SSSR count). The number of amides is 3. The van der Waals surface area contributed by atoms with Gasteiger partial charge in [-0.1, -0.05) is 25.1 Å². The van der Waals surface area contributed by atoms with Crippen molar-refractivity contribution in [1.82, 2.24) is 29.5 Å². The fraction of sp³-hybridized carbons (Fsp3) is 0.364. The molecule has 19 heteroatoms. The number of hydrogen-bond acceptors (Lipinski definition) is 12. The van der Waals surface area contributed by atoms with Crippen LogP contribution in [-0.4, -0.2) is 126 Å². The van der Waals surface area contributed by atoms with Gasteiger partial charge < -0.3 is 30.1 Å². The number of halogens is 1. The largest absolute Gasteiger partial charge is 0.389 e. The predicted molar refractivity (Wildman–Crippen MR) is 236 cm³/mol. The van der Waals surface area contributed by atoms with Crippen LogP contribution in [-0.2, 0) is 24.6 Å². The van der Waals surface area contributed by atoms with Crippen molar-refractivity contribution in [3.8, 4) is 11.1 Å². The number of aromatic nitrogens is 3. The highest BCUT2D eigenvalue weighted by atomic mass is 32.2. The Bertz CT molecular complexity index is 2640. The van der Waals surface area contributed by atoms with Gasteiger partial charge in [-0.05, 0) is 67.3 Å². The van der Waals surface area contributed by atoms with Gasteiger partial charge in [-0.25, -0.2) is 14.4 Å². The molecule has 17 nitrogen and oxygen atoms in total. The van der Waals surface area contributed by atoms with Crippen LogP contribution in [0.4, 0.5) is 27.3 Å². The molecule has 6 heterocycles. The van der Waals surface area contributed by atoms with Crippen molar-refractivity contribution in [2.75, 3.05) is 72.7 Å². The standard InChI is InChI=1S/C44H49FN10O7S/c1-3-52(2)63(61,62)51-35-6-4-5-32(40(35)45)41(58)34-27-48-42-33(34)23-29(25-47-42)28-7-10-31(11-8-28)53-19-21-55(22-20-53)39(57)24-44(60)15-17-54(18-16-44)37-13-9-30(26-46-37)49-36-12-14-38(56)50-43(36)59/h4-11,13,23,25-27,36,49,51,60H,3,12,14-22,24H2,1-2H3,(H,47,48)(H,50,56,59). The van der Waals surface area contributed by atoms with Gasteiger partial charge in [-0.15, -0.1) is 0 Å². The SMILES string of the molecule is CCN(C)S(=O)(=O)Nc1cccc(C(=O)c2c[nH]c3ncc(-c4ccc(N5CCN(C(=O)CC6(O)CCN(c7ccc(NC8CCC(=O)NC8=O)cn7)CC6)CC5)cc4)cc23)c1F. The first-order chi connectivity index (χ1) is 30.2. The lowest BCUT2D eigenvalue weighted by atomic mass is 9.87. The Morgan fingerprint density at radius 3 is 2.37 bits per heavy atom. The Kier molecular flexibility index (Phi) is 12.2. The van der Waals surface area contributed by atoms with Gasteiger partial charge in [0, 0.05) is 93.9 Å². The van der Waals surface area contributed by atoms with Crippen molar-refractivity contribution >= 4 is 67.6 Å². The fourth-order valence-corrected chi connectivity index (χ4v) is 9.09. The summed E-state index contributed by atoms with van der Waals surface area (Å²) in [5.74, 6) is -1.56. The van der Waals surface area contributed by atoms with E-state index in [2.05, 4.69) is 40.1 Å². The number of rotatable bonds is 13. The van der Waals surface area contributed by atoms with Crippen molar-refractivity contribution in [3.63, 3.8) is 0 Å². The summed E-state index contributed by atoms with van der Waals surface area (Å²) in [7, 11) is -2.65. The van der Waals surface area contributed by atoms with Crippen molar-refractivity contribution in [3.05, 3.63) is 96.2 Å². The maximum Gasteiger partial charge on any atom is 0.301 e. The molecule has 3 saturated heterocycles. The third kappa shape index (κ3) is 9.35. The maximum atomic E-state index is 15.6. The number of carbonyl (C=O) groups is 4. The molecule has 1 atom stereocenters. The molecule has 3 aliphatic heterocycles. The summed E-state index contributed by atoms with van der Waals surface area (Å²) in [6.07, 6.45) is 6.39. The summed E-state index contributed by atoms with van der Waals surface area (Å²) in [4.78, 5) is 68.8.